The average molecular weight is 210 g/mol. The number of halogens is 1. The SMILES string of the molecule is ClCc1cccc(N2CCCCC2)c1. The summed E-state index contributed by atoms with van der Waals surface area (Å²) in [7, 11) is 0. The third kappa shape index (κ3) is 2.21. The van der Waals surface area contributed by atoms with Crippen LogP contribution in [0.5, 0.6) is 0 Å². The van der Waals surface area contributed by atoms with Crippen LogP contribution in [0.3, 0.4) is 0 Å². The molecule has 1 aliphatic heterocycles. The van der Waals surface area contributed by atoms with Crippen molar-refractivity contribution in [2.24, 2.45) is 0 Å². The first kappa shape index (κ1) is 9.85. The zero-order chi connectivity index (χ0) is 9.80. The molecule has 14 heavy (non-hydrogen) atoms. The van der Waals surface area contributed by atoms with E-state index in [2.05, 4.69) is 29.2 Å². The molecular formula is C12H16ClN. The molecular weight excluding hydrogens is 194 g/mol. The summed E-state index contributed by atoms with van der Waals surface area (Å²) in [5, 5.41) is 0. The van der Waals surface area contributed by atoms with Crippen LogP contribution in [-0.4, -0.2) is 13.1 Å². The number of benzene rings is 1. The minimum Gasteiger partial charge on any atom is -0.372 e. The van der Waals surface area contributed by atoms with Gasteiger partial charge in [-0.25, -0.2) is 0 Å². The highest BCUT2D eigenvalue weighted by molar-refractivity contribution is 6.17. The van der Waals surface area contributed by atoms with Crippen molar-refractivity contribution in [3.05, 3.63) is 29.8 Å². The van der Waals surface area contributed by atoms with E-state index in [1.54, 1.807) is 0 Å². The van der Waals surface area contributed by atoms with Crippen LogP contribution in [0.15, 0.2) is 24.3 Å². The molecule has 0 aromatic heterocycles. The van der Waals surface area contributed by atoms with Crippen molar-refractivity contribution >= 4 is 17.3 Å². The van der Waals surface area contributed by atoms with Crippen LogP contribution in [0.4, 0.5) is 5.69 Å². The van der Waals surface area contributed by atoms with Crippen LogP contribution in [0.1, 0.15) is 24.8 Å². The lowest BCUT2D eigenvalue weighted by Gasteiger charge is -2.29. The fourth-order valence-electron chi connectivity index (χ4n) is 1.99. The number of piperidine rings is 1. The van der Waals surface area contributed by atoms with Gasteiger partial charge in [-0.3, -0.25) is 0 Å². The van der Waals surface area contributed by atoms with E-state index in [4.69, 9.17) is 11.6 Å². The van der Waals surface area contributed by atoms with Gasteiger partial charge in [-0.2, -0.15) is 0 Å². The number of hydrogen-bond donors (Lipinski definition) is 0. The predicted octanol–water partition coefficient (Wildman–Crippen LogP) is 3.42. The second kappa shape index (κ2) is 4.70. The molecule has 0 amide bonds. The van der Waals surface area contributed by atoms with E-state index in [-0.39, 0.29) is 0 Å². The van der Waals surface area contributed by atoms with E-state index in [9.17, 15) is 0 Å². The first-order valence-electron chi connectivity index (χ1n) is 5.30. The van der Waals surface area contributed by atoms with Crippen molar-refractivity contribution < 1.29 is 0 Å². The second-order valence-electron chi connectivity index (χ2n) is 3.85. The molecule has 0 saturated carbocycles. The van der Waals surface area contributed by atoms with E-state index in [0.717, 1.165) is 0 Å². The second-order valence-corrected chi connectivity index (χ2v) is 4.12. The molecule has 0 unspecified atom stereocenters. The van der Waals surface area contributed by atoms with E-state index >= 15 is 0 Å². The molecule has 1 heterocycles. The Morgan fingerprint density at radius 2 is 1.93 bits per heavy atom. The van der Waals surface area contributed by atoms with E-state index in [0.29, 0.717) is 5.88 Å². The number of nitrogens with zero attached hydrogens (tertiary/aromatic N) is 1. The zero-order valence-corrected chi connectivity index (χ0v) is 9.13. The lowest BCUT2D eigenvalue weighted by atomic mass is 10.1. The molecule has 0 radical (unpaired) electrons. The highest BCUT2D eigenvalue weighted by Crippen LogP contribution is 2.21. The van der Waals surface area contributed by atoms with Gasteiger partial charge in [-0.15, -0.1) is 11.6 Å². The summed E-state index contributed by atoms with van der Waals surface area (Å²) in [6, 6.07) is 8.57. The van der Waals surface area contributed by atoms with Gasteiger partial charge in [0.2, 0.25) is 0 Å². The molecule has 1 saturated heterocycles. The summed E-state index contributed by atoms with van der Waals surface area (Å²) in [4.78, 5) is 2.46. The maximum absolute atomic E-state index is 5.82. The van der Waals surface area contributed by atoms with Crippen molar-refractivity contribution in [1.82, 2.24) is 0 Å². The third-order valence-electron chi connectivity index (χ3n) is 2.79. The maximum atomic E-state index is 5.82. The summed E-state index contributed by atoms with van der Waals surface area (Å²) >= 11 is 5.82. The fraction of sp³-hybridized carbons (Fsp3) is 0.500. The van der Waals surface area contributed by atoms with Gasteiger partial charge in [-0.05, 0) is 37.0 Å². The monoisotopic (exact) mass is 209 g/mol. The van der Waals surface area contributed by atoms with Crippen molar-refractivity contribution in [3.63, 3.8) is 0 Å². The van der Waals surface area contributed by atoms with E-state index in [1.165, 1.54) is 43.6 Å². The first-order valence-corrected chi connectivity index (χ1v) is 5.83. The highest BCUT2D eigenvalue weighted by Gasteiger charge is 2.10. The molecule has 0 bridgehead atoms. The Labute approximate surface area is 90.7 Å². The highest BCUT2D eigenvalue weighted by atomic mass is 35.5. The summed E-state index contributed by atoms with van der Waals surface area (Å²) in [5.74, 6) is 0.613. The Balaban J connectivity index is 2.13. The number of alkyl halides is 1. The van der Waals surface area contributed by atoms with Gasteiger partial charge in [0.1, 0.15) is 0 Å². The molecule has 2 rings (SSSR count). The number of rotatable bonds is 2. The lowest BCUT2D eigenvalue weighted by Crippen LogP contribution is -2.29. The molecule has 2 heteroatoms. The summed E-state index contributed by atoms with van der Waals surface area (Å²) in [6.45, 7) is 2.40. The van der Waals surface area contributed by atoms with E-state index in [1.807, 2.05) is 0 Å². The van der Waals surface area contributed by atoms with Gasteiger partial charge < -0.3 is 4.90 Å². The summed E-state index contributed by atoms with van der Waals surface area (Å²) in [6.07, 6.45) is 4.03. The van der Waals surface area contributed by atoms with Crippen molar-refractivity contribution in [3.8, 4) is 0 Å². The standard InChI is InChI=1S/C12H16ClN/c13-10-11-5-4-6-12(9-11)14-7-2-1-3-8-14/h4-6,9H,1-3,7-8,10H2. The molecule has 1 aromatic rings. The van der Waals surface area contributed by atoms with Gasteiger partial charge in [0.05, 0.1) is 0 Å². The fourth-order valence-corrected chi connectivity index (χ4v) is 2.15. The van der Waals surface area contributed by atoms with Gasteiger partial charge in [-0.1, -0.05) is 12.1 Å². The Kier molecular flexibility index (Phi) is 3.30. The van der Waals surface area contributed by atoms with Gasteiger partial charge in [0.25, 0.3) is 0 Å². The van der Waals surface area contributed by atoms with Gasteiger partial charge >= 0.3 is 0 Å². The normalized spacial score (nSPS) is 17.1. The van der Waals surface area contributed by atoms with Gasteiger partial charge in [0.15, 0.2) is 0 Å². The van der Waals surface area contributed by atoms with Crippen LogP contribution in [0, 0.1) is 0 Å². The number of anilines is 1. The van der Waals surface area contributed by atoms with Crippen molar-refractivity contribution in [2.45, 2.75) is 25.1 Å². The third-order valence-corrected chi connectivity index (χ3v) is 3.09. The predicted molar refractivity (Wildman–Crippen MR) is 62.1 cm³/mol. The van der Waals surface area contributed by atoms with Crippen molar-refractivity contribution in [1.29, 1.82) is 0 Å². The van der Waals surface area contributed by atoms with Crippen LogP contribution in [-0.2, 0) is 5.88 Å². The Bertz CT molecular complexity index is 292. The minimum absolute atomic E-state index is 0.613. The molecule has 1 nitrogen and oxygen atoms in total. The largest absolute Gasteiger partial charge is 0.372 e. The number of hydrogen-bond acceptors (Lipinski definition) is 1. The molecule has 1 fully saturated rings. The zero-order valence-electron chi connectivity index (χ0n) is 8.38. The Morgan fingerprint density at radius 1 is 1.14 bits per heavy atom. The molecule has 0 atom stereocenters. The molecule has 1 aliphatic rings. The van der Waals surface area contributed by atoms with E-state index < -0.39 is 0 Å². The van der Waals surface area contributed by atoms with Crippen LogP contribution in [0.25, 0.3) is 0 Å². The first-order chi connectivity index (χ1) is 6.90. The average Bonchev–Trinajstić information content (AvgIpc) is 2.30. The molecule has 0 spiro atoms. The maximum Gasteiger partial charge on any atom is 0.0474 e. The summed E-state index contributed by atoms with van der Waals surface area (Å²) < 4.78 is 0. The quantitative estimate of drug-likeness (QED) is 0.675. The van der Waals surface area contributed by atoms with Gasteiger partial charge in [0, 0.05) is 24.7 Å². The smallest absolute Gasteiger partial charge is 0.0474 e. The molecule has 0 N–H and O–H groups in total. The van der Waals surface area contributed by atoms with Crippen LogP contribution >= 0.6 is 11.6 Å². The topological polar surface area (TPSA) is 3.24 Å². The molecule has 76 valence electrons. The molecule has 1 aromatic carbocycles. The van der Waals surface area contributed by atoms with Crippen LogP contribution in [0.2, 0.25) is 0 Å². The minimum atomic E-state index is 0.613. The Hall–Kier alpha value is -0.690. The Morgan fingerprint density at radius 3 is 2.64 bits per heavy atom. The summed E-state index contributed by atoms with van der Waals surface area (Å²) in [5.41, 5.74) is 2.55. The van der Waals surface area contributed by atoms with Crippen molar-refractivity contribution in [2.75, 3.05) is 18.0 Å². The molecule has 0 aliphatic carbocycles. The van der Waals surface area contributed by atoms with Crippen LogP contribution < -0.4 is 4.90 Å². The lowest BCUT2D eigenvalue weighted by molar-refractivity contribution is 0.578.